The fraction of sp³-hybridized carbons (Fsp3) is 0.462. The average Bonchev–Trinajstić information content (AvgIpc) is 2.32. The van der Waals surface area contributed by atoms with E-state index in [0.717, 1.165) is 24.4 Å². The standard InChI is InChI=1S/C13H20N2S/c1-4-15(5-2)13(14)11-7-9-12(10-8-11)16-6-3/h7-10,14H,4-6H2,1-3H3. The molecule has 0 amide bonds. The van der Waals surface area contributed by atoms with Gasteiger partial charge in [0, 0.05) is 23.5 Å². The number of nitrogens with zero attached hydrogens (tertiary/aromatic N) is 1. The zero-order valence-corrected chi connectivity index (χ0v) is 11.1. The van der Waals surface area contributed by atoms with E-state index in [0.29, 0.717) is 5.84 Å². The maximum absolute atomic E-state index is 8.08. The van der Waals surface area contributed by atoms with E-state index < -0.39 is 0 Å². The molecule has 1 rings (SSSR count). The van der Waals surface area contributed by atoms with Crippen LogP contribution in [0.2, 0.25) is 0 Å². The first kappa shape index (κ1) is 13.1. The quantitative estimate of drug-likeness (QED) is 0.481. The summed E-state index contributed by atoms with van der Waals surface area (Å²) in [5.74, 6) is 1.71. The summed E-state index contributed by atoms with van der Waals surface area (Å²) in [5, 5.41) is 8.08. The van der Waals surface area contributed by atoms with E-state index in [1.807, 2.05) is 23.9 Å². The van der Waals surface area contributed by atoms with Crippen LogP contribution in [0.4, 0.5) is 0 Å². The second-order valence-corrected chi connectivity index (χ2v) is 4.82. The number of benzene rings is 1. The molecule has 1 aromatic rings. The van der Waals surface area contributed by atoms with Gasteiger partial charge in [0.25, 0.3) is 0 Å². The fourth-order valence-corrected chi connectivity index (χ4v) is 2.26. The molecular formula is C13H20N2S. The second kappa shape index (κ2) is 6.59. The minimum atomic E-state index is 0.623. The van der Waals surface area contributed by atoms with Crippen molar-refractivity contribution in [3.63, 3.8) is 0 Å². The van der Waals surface area contributed by atoms with Crippen LogP contribution in [0.5, 0.6) is 0 Å². The van der Waals surface area contributed by atoms with Crippen molar-refractivity contribution >= 4 is 17.6 Å². The number of rotatable bonds is 5. The van der Waals surface area contributed by atoms with Crippen LogP contribution in [0.1, 0.15) is 26.3 Å². The Morgan fingerprint density at radius 1 is 1.12 bits per heavy atom. The van der Waals surface area contributed by atoms with E-state index in [2.05, 4.69) is 37.8 Å². The molecule has 0 aliphatic carbocycles. The minimum Gasteiger partial charge on any atom is -0.357 e. The van der Waals surface area contributed by atoms with E-state index in [1.165, 1.54) is 4.90 Å². The Kier molecular flexibility index (Phi) is 5.39. The summed E-state index contributed by atoms with van der Waals surface area (Å²) < 4.78 is 0. The number of hydrogen-bond acceptors (Lipinski definition) is 2. The third-order valence-corrected chi connectivity index (χ3v) is 3.41. The molecule has 0 aliphatic heterocycles. The number of amidine groups is 1. The maximum atomic E-state index is 8.08. The molecule has 88 valence electrons. The largest absolute Gasteiger partial charge is 0.357 e. The Bertz CT molecular complexity index is 328. The molecular weight excluding hydrogens is 216 g/mol. The van der Waals surface area contributed by atoms with Gasteiger partial charge in [0.15, 0.2) is 0 Å². The van der Waals surface area contributed by atoms with Crippen molar-refractivity contribution < 1.29 is 0 Å². The van der Waals surface area contributed by atoms with Gasteiger partial charge in [-0.2, -0.15) is 0 Å². The monoisotopic (exact) mass is 236 g/mol. The van der Waals surface area contributed by atoms with Crippen LogP contribution in [0.25, 0.3) is 0 Å². The first-order chi connectivity index (χ1) is 7.72. The highest BCUT2D eigenvalue weighted by atomic mass is 32.2. The lowest BCUT2D eigenvalue weighted by Gasteiger charge is -2.21. The van der Waals surface area contributed by atoms with Crippen LogP contribution in [-0.2, 0) is 0 Å². The predicted octanol–water partition coefficient (Wildman–Crippen LogP) is 3.47. The lowest BCUT2D eigenvalue weighted by molar-refractivity contribution is 0.463. The maximum Gasteiger partial charge on any atom is 0.128 e. The Balaban J connectivity index is 2.76. The van der Waals surface area contributed by atoms with Crippen molar-refractivity contribution in [1.29, 1.82) is 5.41 Å². The lowest BCUT2D eigenvalue weighted by atomic mass is 10.2. The van der Waals surface area contributed by atoms with Crippen molar-refractivity contribution in [2.75, 3.05) is 18.8 Å². The van der Waals surface area contributed by atoms with Gasteiger partial charge in [0.2, 0.25) is 0 Å². The molecule has 0 saturated heterocycles. The molecule has 0 atom stereocenters. The first-order valence-corrected chi connectivity index (χ1v) is 6.78. The van der Waals surface area contributed by atoms with Gasteiger partial charge in [0.05, 0.1) is 0 Å². The summed E-state index contributed by atoms with van der Waals surface area (Å²) in [4.78, 5) is 3.33. The van der Waals surface area contributed by atoms with E-state index in [9.17, 15) is 0 Å². The Hall–Kier alpha value is -0.960. The van der Waals surface area contributed by atoms with Gasteiger partial charge < -0.3 is 4.90 Å². The summed E-state index contributed by atoms with van der Waals surface area (Å²) >= 11 is 1.83. The van der Waals surface area contributed by atoms with Crippen LogP contribution < -0.4 is 0 Å². The summed E-state index contributed by atoms with van der Waals surface area (Å²) in [7, 11) is 0. The normalized spacial score (nSPS) is 10.2. The lowest BCUT2D eigenvalue weighted by Crippen LogP contribution is -2.30. The molecule has 1 N–H and O–H groups in total. The Morgan fingerprint density at radius 3 is 2.12 bits per heavy atom. The summed E-state index contributed by atoms with van der Waals surface area (Å²) in [5.41, 5.74) is 1.00. The number of hydrogen-bond donors (Lipinski definition) is 1. The van der Waals surface area contributed by atoms with Crippen molar-refractivity contribution in [1.82, 2.24) is 4.90 Å². The molecule has 0 radical (unpaired) electrons. The van der Waals surface area contributed by atoms with Gasteiger partial charge in [-0.05, 0) is 31.7 Å². The second-order valence-electron chi connectivity index (χ2n) is 3.48. The highest BCUT2D eigenvalue weighted by molar-refractivity contribution is 7.99. The zero-order chi connectivity index (χ0) is 12.0. The van der Waals surface area contributed by atoms with E-state index in [1.54, 1.807) is 0 Å². The fourth-order valence-electron chi connectivity index (χ4n) is 1.60. The topological polar surface area (TPSA) is 27.1 Å². The van der Waals surface area contributed by atoms with Gasteiger partial charge in [-0.25, -0.2) is 0 Å². The van der Waals surface area contributed by atoms with Crippen molar-refractivity contribution in [3.8, 4) is 0 Å². The minimum absolute atomic E-state index is 0.623. The predicted molar refractivity (Wildman–Crippen MR) is 72.6 cm³/mol. The summed E-state index contributed by atoms with van der Waals surface area (Å²) in [6, 6.07) is 8.28. The SMILES string of the molecule is CCSc1ccc(C(=N)N(CC)CC)cc1. The van der Waals surface area contributed by atoms with Gasteiger partial charge in [-0.3, -0.25) is 5.41 Å². The zero-order valence-electron chi connectivity index (χ0n) is 10.3. The molecule has 0 fully saturated rings. The molecule has 0 unspecified atom stereocenters. The van der Waals surface area contributed by atoms with Crippen molar-refractivity contribution in [3.05, 3.63) is 29.8 Å². The van der Waals surface area contributed by atoms with Crippen LogP contribution >= 0.6 is 11.8 Å². The van der Waals surface area contributed by atoms with Crippen LogP contribution in [0, 0.1) is 5.41 Å². The molecule has 0 bridgehead atoms. The van der Waals surface area contributed by atoms with Crippen molar-refractivity contribution in [2.45, 2.75) is 25.7 Å². The number of thioether (sulfide) groups is 1. The van der Waals surface area contributed by atoms with Crippen LogP contribution in [0.15, 0.2) is 29.2 Å². The van der Waals surface area contributed by atoms with E-state index in [-0.39, 0.29) is 0 Å². The first-order valence-electron chi connectivity index (χ1n) is 5.79. The third kappa shape index (κ3) is 3.27. The van der Waals surface area contributed by atoms with E-state index in [4.69, 9.17) is 5.41 Å². The van der Waals surface area contributed by atoms with Gasteiger partial charge in [0.1, 0.15) is 5.84 Å². The molecule has 0 aromatic heterocycles. The molecule has 0 heterocycles. The molecule has 0 saturated carbocycles. The van der Waals surface area contributed by atoms with Gasteiger partial charge >= 0.3 is 0 Å². The smallest absolute Gasteiger partial charge is 0.128 e. The third-order valence-electron chi connectivity index (χ3n) is 2.52. The summed E-state index contributed by atoms with van der Waals surface area (Å²) in [6.07, 6.45) is 0. The van der Waals surface area contributed by atoms with Crippen LogP contribution in [0.3, 0.4) is 0 Å². The highest BCUT2D eigenvalue weighted by Gasteiger charge is 2.07. The van der Waals surface area contributed by atoms with Crippen molar-refractivity contribution in [2.24, 2.45) is 0 Å². The Labute approximate surface area is 103 Å². The van der Waals surface area contributed by atoms with Crippen LogP contribution in [-0.4, -0.2) is 29.6 Å². The molecule has 0 spiro atoms. The molecule has 2 nitrogen and oxygen atoms in total. The molecule has 16 heavy (non-hydrogen) atoms. The molecule has 3 heteroatoms. The van der Waals surface area contributed by atoms with Gasteiger partial charge in [-0.1, -0.05) is 19.1 Å². The highest BCUT2D eigenvalue weighted by Crippen LogP contribution is 2.18. The Morgan fingerprint density at radius 2 is 1.69 bits per heavy atom. The van der Waals surface area contributed by atoms with Gasteiger partial charge in [-0.15, -0.1) is 11.8 Å². The summed E-state index contributed by atoms with van der Waals surface area (Å²) in [6.45, 7) is 8.09. The average molecular weight is 236 g/mol. The molecule has 1 aromatic carbocycles. The number of nitrogens with one attached hydrogen (secondary N) is 1. The molecule has 0 aliphatic rings. The van der Waals surface area contributed by atoms with E-state index >= 15 is 0 Å².